The average molecular weight is 399 g/mol. The minimum absolute atomic E-state index is 0.213. The van der Waals surface area contributed by atoms with Crippen LogP contribution in [0.25, 0.3) is 0 Å². The number of carbonyl (C=O) groups is 4. The molecule has 1 fully saturated rings. The molecule has 0 aromatic carbocycles. The molecule has 1 aliphatic heterocycles. The van der Waals surface area contributed by atoms with Gasteiger partial charge in [-0.1, -0.05) is 51.9 Å². The number of esters is 2. The van der Waals surface area contributed by atoms with Crippen LogP contribution in [-0.4, -0.2) is 61.5 Å². The second-order valence-electron chi connectivity index (χ2n) is 7.05. The lowest BCUT2D eigenvalue weighted by molar-refractivity contribution is -0.154. The maximum Gasteiger partial charge on any atom is 0.315 e. The summed E-state index contributed by atoms with van der Waals surface area (Å²) in [5.41, 5.74) is 0. The highest BCUT2D eigenvalue weighted by molar-refractivity contribution is 5.98. The minimum atomic E-state index is -0.947. The number of hydrogen-bond acceptors (Lipinski definition) is 6. The first-order valence-electron chi connectivity index (χ1n) is 10.3. The Morgan fingerprint density at radius 2 is 1.68 bits per heavy atom. The van der Waals surface area contributed by atoms with E-state index >= 15 is 0 Å². The number of ether oxygens (including phenoxy) is 2. The Kier molecular flexibility index (Phi) is 11.9. The molecule has 0 spiro atoms. The van der Waals surface area contributed by atoms with E-state index in [4.69, 9.17) is 4.74 Å². The molecule has 1 N–H and O–H groups in total. The Balaban J connectivity index is 2.31. The van der Waals surface area contributed by atoms with E-state index in [-0.39, 0.29) is 19.5 Å². The van der Waals surface area contributed by atoms with Crippen LogP contribution in [0.3, 0.4) is 0 Å². The summed E-state index contributed by atoms with van der Waals surface area (Å²) in [4.78, 5) is 49.0. The van der Waals surface area contributed by atoms with Gasteiger partial charge in [0.25, 0.3) is 0 Å². The number of unbranched alkanes of at least 4 members (excludes halogenated alkanes) is 7. The normalized spacial score (nSPS) is 16.4. The Hall–Kier alpha value is -2.12. The summed E-state index contributed by atoms with van der Waals surface area (Å²) in [5, 5.41) is 2.64. The summed E-state index contributed by atoms with van der Waals surface area (Å²) < 4.78 is 9.71. The Bertz CT molecular complexity index is 523. The topological polar surface area (TPSA) is 102 Å². The van der Waals surface area contributed by atoms with E-state index in [1.54, 1.807) is 0 Å². The van der Waals surface area contributed by atoms with Crippen LogP contribution in [0.1, 0.15) is 71.1 Å². The lowest BCUT2D eigenvalue weighted by Gasteiger charge is -2.34. The smallest absolute Gasteiger partial charge is 0.315 e. The molecule has 1 heterocycles. The zero-order chi connectivity index (χ0) is 20.8. The third kappa shape index (κ3) is 9.19. The summed E-state index contributed by atoms with van der Waals surface area (Å²) in [6.07, 6.45) is 8.51. The molecule has 8 nitrogen and oxygen atoms in total. The third-order valence-corrected chi connectivity index (χ3v) is 4.80. The van der Waals surface area contributed by atoms with Crippen molar-refractivity contribution in [3.05, 3.63) is 0 Å². The van der Waals surface area contributed by atoms with Gasteiger partial charge in [-0.25, -0.2) is 0 Å². The van der Waals surface area contributed by atoms with Gasteiger partial charge in [0, 0.05) is 13.1 Å². The third-order valence-electron chi connectivity index (χ3n) is 4.80. The summed E-state index contributed by atoms with van der Waals surface area (Å²) in [5.74, 6) is -2.12. The molecule has 1 atom stereocenters. The largest absolute Gasteiger partial charge is 0.469 e. The van der Waals surface area contributed by atoms with Crippen LogP contribution in [0.15, 0.2) is 0 Å². The molecule has 0 bridgehead atoms. The predicted octanol–water partition coefficient (Wildman–Crippen LogP) is 1.95. The van der Waals surface area contributed by atoms with Crippen LogP contribution in [0.5, 0.6) is 0 Å². The zero-order valence-electron chi connectivity index (χ0n) is 17.2. The first-order chi connectivity index (χ1) is 13.5. The molecule has 0 aromatic rings. The molecule has 1 unspecified atom stereocenters. The Morgan fingerprint density at radius 3 is 2.32 bits per heavy atom. The molecule has 0 aromatic heterocycles. The lowest BCUT2D eigenvalue weighted by Crippen LogP contribution is -2.58. The van der Waals surface area contributed by atoms with Gasteiger partial charge >= 0.3 is 11.9 Å². The van der Waals surface area contributed by atoms with Crippen molar-refractivity contribution >= 4 is 23.8 Å². The van der Waals surface area contributed by atoms with Gasteiger partial charge in [0.15, 0.2) is 0 Å². The fraction of sp³-hybridized carbons (Fsp3) is 0.800. The van der Waals surface area contributed by atoms with Crippen LogP contribution in [-0.2, 0) is 28.7 Å². The van der Waals surface area contributed by atoms with Gasteiger partial charge in [-0.3, -0.25) is 19.2 Å². The molecule has 1 rings (SSSR count). The van der Waals surface area contributed by atoms with Crippen molar-refractivity contribution in [1.29, 1.82) is 0 Å². The Labute approximate surface area is 167 Å². The van der Waals surface area contributed by atoms with Crippen molar-refractivity contribution in [1.82, 2.24) is 10.2 Å². The number of nitrogens with zero attached hydrogens (tertiary/aromatic N) is 1. The van der Waals surface area contributed by atoms with Crippen molar-refractivity contribution in [3.63, 3.8) is 0 Å². The zero-order valence-corrected chi connectivity index (χ0v) is 17.2. The maximum atomic E-state index is 12.2. The molecule has 0 radical (unpaired) electrons. The van der Waals surface area contributed by atoms with Crippen molar-refractivity contribution in [2.45, 2.75) is 77.2 Å². The van der Waals surface area contributed by atoms with E-state index in [9.17, 15) is 19.2 Å². The number of hydrogen-bond donors (Lipinski definition) is 1. The number of rotatable bonds is 13. The van der Waals surface area contributed by atoms with Crippen molar-refractivity contribution in [2.24, 2.45) is 0 Å². The molecule has 1 saturated heterocycles. The molecule has 28 heavy (non-hydrogen) atoms. The number of methoxy groups -OCH3 is 1. The van der Waals surface area contributed by atoms with Gasteiger partial charge in [-0.2, -0.15) is 0 Å². The van der Waals surface area contributed by atoms with E-state index in [1.807, 2.05) is 0 Å². The standard InChI is InChI=1S/C20H34N2O6/c1-3-4-5-6-7-8-9-10-13-28-19(25)14-16-20(26)21-11-12-22(16)17(23)15-18(24)27-2/h16H,3-15H2,1-2H3,(H,21,26). The number of nitrogens with one attached hydrogen (secondary N) is 1. The fourth-order valence-corrected chi connectivity index (χ4v) is 3.15. The highest BCUT2D eigenvalue weighted by atomic mass is 16.5. The number of piperazine rings is 1. The van der Waals surface area contributed by atoms with Gasteiger partial charge in [0.05, 0.1) is 20.1 Å². The van der Waals surface area contributed by atoms with Crippen LogP contribution in [0.2, 0.25) is 0 Å². The highest BCUT2D eigenvalue weighted by Crippen LogP contribution is 2.13. The summed E-state index contributed by atoms with van der Waals surface area (Å²) in [6.45, 7) is 3.05. The maximum absolute atomic E-state index is 12.2. The van der Waals surface area contributed by atoms with Crippen LogP contribution in [0.4, 0.5) is 0 Å². The van der Waals surface area contributed by atoms with E-state index in [2.05, 4.69) is 17.0 Å². The highest BCUT2D eigenvalue weighted by Gasteiger charge is 2.35. The SMILES string of the molecule is CCCCCCCCCCOC(=O)CC1C(=O)NCCN1C(=O)CC(=O)OC. The minimum Gasteiger partial charge on any atom is -0.469 e. The van der Waals surface area contributed by atoms with E-state index in [0.717, 1.165) is 19.3 Å². The van der Waals surface area contributed by atoms with Gasteiger partial charge in [0.1, 0.15) is 12.5 Å². The average Bonchev–Trinajstić information content (AvgIpc) is 2.68. The molecule has 1 aliphatic rings. The van der Waals surface area contributed by atoms with Crippen LogP contribution >= 0.6 is 0 Å². The summed E-state index contributed by atoms with van der Waals surface area (Å²) in [6, 6.07) is -0.947. The van der Waals surface area contributed by atoms with Crippen LogP contribution in [0, 0.1) is 0 Å². The van der Waals surface area contributed by atoms with E-state index in [0.29, 0.717) is 6.61 Å². The molecular weight excluding hydrogens is 364 g/mol. The molecular formula is C20H34N2O6. The Morgan fingerprint density at radius 1 is 1.04 bits per heavy atom. The van der Waals surface area contributed by atoms with Gasteiger partial charge in [0.2, 0.25) is 11.8 Å². The van der Waals surface area contributed by atoms with E-state index in [1.165, 1.54) is 44.1 Å². The number of carbonyl (C=O) groups excluding carboxylic acids is 4. The summed E-state index contributed by atoms with van der Waals surface area (Å²) in [7, 11) is 1.19. The fourth-order valence-electron chi connectivity index (χ4n) is 3.15. The van der Waals surface area contributed by atoms with Crippen molar-refractivity contribution in [2.75, 3.05) is 26.8 Å². The molecule has 0 aliphatic carbocycles. The van der Waals surface area contributed by atoms with Gasteiger partial charge < -0.3 is 19.7 Å². The predicted molar refractivity (Wildman–Crippen MR) is 103 cm³/mol. The first kappa shape index (κ1) is 23.9. The van der Waals surface area contributed by atoms with Crippen molar-refractivity contribution in [3.8, 4) is 0 Å². The summed E-state index contributed by atoms with van der Waals surface area (Å²) >= 11 is 0. The first-order valence-corrected chi connectivity index (χ1v) is 10.3. The second-order valence-corrected chi connectivity index (χ2v) is 7.05. The van der Waals surface area contributed by atoms with Crippen LogP contribution < -0.4 is 5.32 Å². The molecule has 160 valence electrons. The van der Waals surface area contributed by atoms with Gasteiger partial charge in [-0.15, -0.1) is 0 Å². The molecule has 8 heteroatoms. The lowest BCUT2D eigenvalue weighted by atomic mass is 10.1. The quantitative estimate of drug-likeness (QED) is 0.289. The molecule has 2 amide bonds. The monoisotopic (exact) mass is 398 g/mol. The number of amides is 2. The van der Waals surface area contributed by atoms with E-state index < -0.39 is 36.2 Å². The second kappa shape index (κ2) is 14.0. The van der Waals surface area contributed by atoms with Crippen molar-refractivity contribution < 1.29 is 28.7 Å². The van der Waals surface area contributed by atoms with Gasteiger partial charge in [-0.05, 0) is 6.42 Å². The molecule has 0 saturated carbocycles.